The number of amides is 2. The molecule has 2 aromatic rings. The summed E-state index contributed by atoms with van der Waals surface area (Å²) in [6.45, 7) is 4.08. The van der Waals surface area contributed by atoms with Gasteiger partial charge in [-0.25, -0.2) is 9.69 Å². The summed E-state index contributed by atoms with van der Waals surface area (Å²) in [6.07, 6.45) is 1.47. The van der Waals surface area contributed by atoms with Crippen molar-refractivity contribution in [3.05, 3.63) is 64.7 Å². The van der Waals surface area contributed by atoms with E-state index in [4.69, 9.17) is 14.6 Å². The van der Waals surface area contributed by atoms with E-state index < -0.39 is 24.1 Å². The fourth-order valence-corrected chi connectivity index (χ4v) is 3.71. The number of carboxylic acids is 1. The third-order valence-electron chi connectivity index (χ3n) is 5.28. The second kappa shape index (κ2) is 7.42. The molecule has 0 saturated carbocycles. The Labute approximate surface area is 167 Å². The van der Waals surface area contributed by atoms with Gasteiger partial charge in [-0.2, -0.15) is 0 Å². The monoisotopic (exact) mass is 395 g/mol. The average Bonchev–Trinajstić information content (AvgIpc) is 2.97. The summed E-state index contributed by atoms with van der Waals surface area (Å²) in [4.78, 5) is 37.7. The lowest BCUT2D eigenvalue weighted by atomic mass is 10.1. The number of carbonyl (C=O) groups excluding carboxylic acids is 2. The minimum absolute atomic E-state index is 0.0340. The van der Waals surface area contributed by atoms with Crippen LogP contribution in [0.5, 0.6) is 0 Å². The van der Waals surface area contributed by atoms with Crippen LogP contribution in [0.25, 0.3) is 0 Å². The second-order valence-corrected chi connectivity index (χ2v) is 7.28. The number of rotatable bonds is 4. The Bertz CT molecular complexity index is 983. The van der Waals surface area contributed by atoms with Crippen LogP contribution in [0.15, 0.2) is 42.5 Å². The Morgan fingerprint density at radius 3 is 2.41 bits per heavy atom. The van der Waals surface area contributed by atoms with Crippen LogP contribution in [0, 0.1) is 0 Å². The van der Waals surface area contributed by atoms with Crippen LogP contribution >= 0.6 is 0 Å². The van der Waals surface area contributed by atoms with Gasteiger partial charge in [-0.15, -0.1) is 0 Å². The van der Waals surface area contributed by atoms with Gasteiger partial charge in [0.25, 0.3) is 11.8 Å². The summed E-state index contributed by atoms with van der Waals surface area (Å²) in [5, 5.41) is 9.13. The van der Waals surface area contributed by atoms with E-state index in [1.54, 1.807) is 24.3 Å². The van der Waals surface area contributed by atoms with Crippen LogP contribution in [-0.4, -0.2) is 35.1 Å². The van der Waals surface area contributed by atoms with Crippen molar-refractivity contribution in [3.8, 4) is 0 Å². The number of anilines is 1. The number of fused-ring (bicyclic) bond motifs is 1. The highest BCUT2D eigenvalue weighted by Gasteiger charge is 2.37. The second-order valence-electron chi connectivity index (χ2n) is 7.28. The van der Waals surface area contributed by atoms with Crippen molar-refractivity contribution in [3.63, 3.8) is 0 Å². The Balaban J connectivity index is 1.59. The number of ether oxygens (including phenoxy) is 2. The molecular formula is C22H21NO6. The highest BCUT2D eigenvalue weighted by Crippen LogP contribution is 2.33. The van der Waals surface area contributed by atoms with Crippen LogP contribution in [0.3, 0.4) is 0 Å². The molecule has 2 heterocycles. The van der Waals surface area contributed by atoms with E-state index in [9.17, 15) is 14.4 Å². The molecule has 2 aromatic carbocycles. The van der Waals surface area contributed by atoms with Crippen molar-refractivity contribution in [2.75, 3.05) is 4.90 Å². The Kier molecular flexibility index (Phi) is 4.94. The number of carboxylic acid groups (broad SMARTS) is 1. The fraction of sp³-hybridized carbons (Fsp3) is 0.318. The van der Waals surface area contributed by atoms with Crippen molar-refractivity contribution in [1.82, 2.24) is 0 Å². The van der Waals surface area contributed by atoms with Crippen LogP contribution in [-0.2, 0) is 9.47 Å². The normalized spacial score (nSPS) is 23.9. The SMILES string of the molecule is CCC1CC(C)OC(c2ccc(N3C(=O)c4ccc(C(=O)O)cc4C3=O)cc2)O1. The maximum Gasteiger partial charge on any atom is 0.335 e. The average molecular weight is 395 g/mol. The molecule has 2 aliphatic rings. The zero-order valence-electron chi connectivity index (χ0n) is 16.1. The quantitative estimate of drug-likeness (QED) is 0.792. The molecule has 0 bridgehead atoms. The first-order valence-electron chi connectivity index (χ1n) is 9.56. The highest BCUT2D eigenvalue weighted by atomic mass is 16.7. The lowest BCUT2D eigenvalue weighted by Crippen LogP contribution is -2.32. The molecule has 0 aliphatic carbocycles. The van der Waals surface area contributed by atoms with E-state index in [2.05, 4.69) is 6.92 Å². The number of hydrogen-bond acceptors (Lipinski definition) is 5. The molecule has 7 nitrogen and oxygen atoms in total. The summed E-state index contributed by atoms with van der Waals surface area (Å²) in [6, 6.07) is 10.8. The van der Waals surface area contributed by atoms with Gasteiger partial charge in [0.2, 0.25) is 0 Å². The molecule has 7 heteroatoms. The van der Waals surface area contributed by atoms with E-state index in [0.717, 1.165) is 23.3 Å². The van der Waals surface area contributed by atoms with Gasteiger partial charge in [0.1, 0.15) is 0 Å². The summed E-state index contributed by atoms with van der Waals surface area (Å²) in [7, 11) is 0. The van der Waals surface area contributed by atoms with Crippen molar-refractivity contribution in [2.45, 2.75) is 45.2 Å². The molecule has 2 aliphatic heterocycles. The van der Waals surface area contributed by atoms with Crippen molar-refractivity contribution < 1.29 is 29.0 Å². The van der Waals surface area contributed by atoms with Gasteiger partial charge in [0, 0.05) is 5.56 Å². The Morgan fingerprint density at radius 1 is 1.07 bits per heavy atom. The number of imide groups is 1. The number of benzene rings is 2. The molecule has 3 atom stereocenters. The fourth-order valence-electron chi connectivity index (χ4n) is 3.71. The molecule has 4 rings (SSSR count). The van der Waals surface area contributed by atoms with E-state index in [-0.39, 0.29) is 28.9 Å². The number of aromatic carboxylic acids is 1. The van der Waals surface area contributed by atoms with E-state index in [1.807, 2.05) is 6.92 Å². The first-order valence-corrected chi connectivity index (χ1v) is 9.56. The zero-order valence-corrected chi connectivity index (χ0v) is 16.1. The van der Waals surface area contributed by atoms with Crippen LogP contribution < -0.4 is 4.90 Å². The molecular weight excluding hydrogens is 374 g/mol. The van der Waals surface area contributed by atoms with Gasteiger partial charge < -0.3 is 14.6 Å². The summed E-state index contributed by atoms with van der Waals surface area (Å²) < 4.78 is 11.8. The molecule has 2 amide bonds. The first-order chi connectivity index (χ1) is 13.9. The molecule has 150 valence electrons. The third-order valence-corrected chi connectivity index (χ3v) is 5.28. The predicted octanol–water partition coefficient (Wildman–Crippen LogP) is 3.79. The van der Waals surface area contributed by atoms with Gasteiger partial charge >= 0.3 is 5.97 Å². The van der Waals surface area contributed by atoms with Gasteiger partial charge in [-0.1, -0.05) is 19.1 Å². The van der Waals surface area contributed by atoms with Gasteiger partial charge in [-0.05, 0) is 50.1 Å². The summed E-state index contributed by atoms with van der Waals surface area (Å²) in [5.41, 5.74) is 1.48. The van der Waals surface area contributed by atoms with Crippen molar-refractivity contribution in [1.29, 1.82) is 0 Å². The minimum atomic E-state index is -1.15. The minimum Gasteiger partial charge on any atom is -0.478 e. The largest absolute Gasteiger partial charge is 0.478 e. The maximum absolute atomic E-state index is 12.8. The number of hydrogen-bond donors (Lipinski definition) is 1. The smallest absolute Gasteiger partial charge is 0.335 e. The van der Waals surface area contributed by atoms with Crippen molar-refractivity contribution >= 4 is 23.5 Å². The molecule has 0 spiro atoms. The van der Waals surface area contributed by atoms with Gasteiger partial charge in [-0.3, -0.25) is 9.59 Å². The van der Waals surface area contributed by atoms with Crippen LogP contribution in [0.2, 0.25) is 0 Å². The zero-order chi connectivity index (χ0) is 20.7. The molecule has 0 radical (unpaired) electrons. The summed E-state index contributed by atoms with van der Waals surface area (Å²) >= 11 is 0. The van der Waals surface area contributed by atoms with Crippen LogP contribution in [0.1, 0.15) is 69.6 Å². The van der Waals surface area contributed by atoms with Gasteiger partial charge in [0.05, 0.1) is 34.6 Å². The number of nitrogens with zero attached hydrogens (tertiary/aromatic N) is 1. The Morgan fingerprint density at radius 2 is 1.76 bits per heavy atom. The molecule has 1 fully saturated rings. The molecule has 1 N–H and O–H groups in total. The molecule has 1 saturated heterocycles. The molecule has 29 heavy (non-hydrogen) atoms. The predicted molar refractivity (Wildman–Crippen MR) is 104 cm³/mol. The van der Waals surface area contributed by atoms with E-state index in [0.29, 0.717) is 5.69 Å². The lowest BCUT2D eigenvalue weighted by Gasteiger charge is -2.34. The van der Waals surface area contributed by atoms with E-state index in [1.165, 1.54) is 18.2 Å². The number of carbonyl (C=O) groups is 3. The third kappa shape index (κ3) is 3.43. The van der Waals surface area contributed by atoms with Gasteiger partial charge in [0.15, 0.2) is 6.29 Å². The topological polar surface area (TPSA) is 93.1 Å². The first kappa shape index (κ1) is 19.3. The lowest BCUT2D eigenvalue weighted by molar-refractivity contribution is -0.243. The molecule has 0 aromatic heterocycles. The summed E-state index contributed by atoms with van der Waals surface area (Å²) in [5.74, 6) is -2.16. The Hall–Kier alpha value is -3.03. The van der Waals surface area contributed by atoms with Crippen LogP contribution in [0.4, 0.5) is 5.69 Å². The molecule has 3 unspecified atom stereocenters. The highest BCUT2D eigenvalue weighted by molar-refractivity contribution is 6.34. The van der Waals surface area contributed by atoms with Crippen molar-refractivity contribution in [2.24, 2.45) is 0 Å². The van der Waals surface area contributed by atoms with E-state index >= 15 is 0 Å². The maximum atomic E-state index is 12.8. The standard InChI is InChI=1S/C22H21NO6/c1-3-16-10-12(2)28-22(29-16)13-4-7-15(8-5-13)23-19(24)17-9-6-14(21(26)27)11-18(17)20(23)25/h4-9,11-12,16,22H,3,10H2,1-2H3,(H,26,27).